The highest BCUT2D eigenvalue weighted by molar-refractivity contribution is 8.13. The maximum Gasteiger partial charge on any atom is 0.417 e. The fourth-order valence-electron chi connectivity index (χ4n) is 6.03. The molecule has 0 bridgehead atoms. The number of carboxylic acid groups (broad SMARTS) is 2. The van der Waals surface area contributed by atoms with Crippen molar-refractivity contribution in [2.24, 2.45) is 10.8 Å². The average Bonchev–Trinajstić information content (AvgIpc) is 3.00. The van der Waals surface area contributed by atoms with Crippen LogP contribution < -0.4 is 10.1 Å². The van der Waals surface area contributed by atoms with Crippen LogP contribution >= 0.6 is 22.3 Å². The molecule has 4 rings (SSSR count). The molecule has 0 aliphatic heterocycles. The molecule has 0 spiro atoms. The van der Waals surface area contributed by atoms with Crippen molar-refractivity contribution in [1.29, 1.82) is 0 Å². The zero-order valence-corrected chi connectivity index (χ0v) is 31.7. The molecule has 2 aromatic carbocycles. The topological polar surface area (TPSA) is 172 Å². The number of hydrogen-bond acceptors (Lipinski definition) is 9. The Bertz CT molecular complexity index is 2070. The second-order valence-corrected chi connectivity index (χ2v) is 16.9. The number of nitrogens with one attached hydrogen (secondary N) is 1. The molecule has 0 aliphatic rings. The summed E-state index contributed by atoms with van der Waals surface area (Å²) in [5.41, 5.74) is -1.20. The normalized spacial score (nSPS) is 11.7. The number of pyridine rings is 1. The fourth-order valence-corrected chi connectivity index (χ4v) is 6.26. The van der Waals surface area contributed by atoms with Crippen molar-refractivity contribution in [3.63, 3.8) is 0 Å². The highest BCUT2D eigenvalue weighted by Crippen LogP contribution is 2.55. The number of amides is 2. The Morgan fingerprint density at radius 1 is 0.962 bits per heavy atom. The van der Waals surface area contributed by atoms with Crippen molar-refractivity contribution < 1.29 is 37.3 Å². The zero-order valence-electron chi connectivity index (χ0n) is 29.4. The van der Waals surface area contributed by atoms with E-state index in [2.05, 4.69) is 37.8 Å². The maximum absolute atomic E-state index is 13.5. The molecular formula is C36H38Cl2FN5O7S. The molecule has 0 atom stereocenters. The number of imide groups is 1. The molecular weight excluding hydrogens is 736 g/mol. The Labute approximate surface area is 311 Å². The molecule has 0 saturated carbocycles. The summed E-state index contributed by atoms with van der Waals surface area (Å²) in [7, 11) is 1.31. The summed E-state index contributed by atoms with van der Waals surface area (Å²) in [5.74, 6) is 6.45. The van der Waals surface area contributed by atoms with E-state index in [9.17, 15) is 32.6 Å². The van der Waals surface area contributed by atoms with E-state index >= 15 is 0 Å². The van der Waals surface area contributed by atoms with Gasteiger partial charge in [0.25, 0.3) is 0 Å². The standard InChI is InChI=1S/C35H35ClFN5O5.CH3ClO2S/c1-33(2,3)35(34(4,5)6,42(31(43)44)32(45)46)29-12-8-11-25(40-29)14-13-23-19-38-21-39-30(23)41-26-15-16-28(27(36)18-26)47-20-22-9-7-10-24(37)17-22;1-5(2,3)4/h7-12,15-19,21H,20H2,1-6H3,(H,43,44)(H,45,46)(H,38,39,41);1H3. The number of anilines is 2. The van der Waals surface area contributed by atoms with Crippen molar-refractivity contribution >= 4 is 55.0 Å². The van der Waals surface area contributed by atoms with Gasteiger partial charge in [0.2, 0.25) is 9.05 Å². The molecule has 0 unspecified atom stereocenters. The highest BCUT2D eigenvalue weighted by Gasteiger charge is 2.61. The van der Waals surface area contributed by atoms with E-state index in [0.717, 1.165) is 6.26 Å². The van der Waals surface area contributed by atoms with Gasteiger partial charge in [-0.25, -0.2) is 37.3 Å². The van der Waals surface area contributed by atoms with Crippen molar-refractivity contribution in [2.75, 3.05) is 11.6 Å². The number of nitrogens with zero attached hydrogens (tertiary/aromatic N) is 4. The molecule has 0 aliphatic carbocycles. The van der Waals surface area contributed by atoms with Crippen LogP contribution in [0.3, 0.4) is 0 Å². The maximum atomic E-state index is 13.5. The lowest BCUT2D eigenvalue weighted by Gasteiger charge is -2.55. The highest BCUT2D eigenvalue weighted by atomic mass is 35.7. The van der Waals surface area contributed by atoms with Crippen LogP contribution in [0.15, 0.2) is 73.2 Å². The van der Waals surface area contributed by atoms with Crippen molar-refractivity contribution in [1.82, 2.24) is 19.9 Å². The molecule has 4 aromatic rings. The Morgan fingerprint density at radius 3 is 2.13 bits per heavy atom. The summed E-state index contributed by atoms with van der Waals surface area (Å²) in [6.45, 7) is 10.8. The van der Waals surface area contributed by atoms with Gasteiger partial charge in [-0.3, -0.25) is 0 Å². The van der Waals surface area contributed by atoms with Crippen LogP contribution in [0.5, 0.6) is 5.75 Å². The van der Waals surface area contributed by atoms with E-state index in [1.807, 2.05) is 0 Å². The van der Waals surface area contributed by atoms with E-state index in [4.69, 9.17) is 21.3 Å². The Hall–Kier alpha value is -4.97. The number of benzene rings is 2. The number of carbonyl (C=O) groups is 2. The minimum absolute atomic E-state index is 0.141. The zero-order chi connectivity index (χ0) is 39.1. The van der Waals surface area contributed by atoms with Gasteiger partial charge in [-0.1, -0.05) is 77.3 Å². The predicted molar refractivity (Wildman–Crippen MR) is 197 cm³/mol. The van der Waals surface area contributed by atoms with Gasteiger partial charge in [0.15, 0.2) is 0 Å². The van der Waals surface area contributed by atoms with Gasteiger partial charge in [-0.05, 0) is 64.8 Å². The van der Waals surface area contributed by atoms with Crippen LogP contribution in [0.4, 0.5) is 25.5 Å². The lowest BCUT2D eigenvalue weighted by Crippen LogP contribution is -2.65. The number of hydrogen-bond donors (Lipinski definition) is 3. The molecule has 276 valence electrons. The number of rotatable bonds is 7. The lowest BCUT2D eigenvalue weighted by atomic mass is 9.57. The van der Waals surface area contributed by atoms with Gasteiger partial charge in [-0.15, -0.1) is 0 Å². The Morgan fingerprint density at radius 2 is 1.58 bits per heavy atom. The molecule has 2 amide bonds. The number of aromatic nitrogens is 3. The van der Waals surface area contributed by atoms with Crippen LogP contribution in [0.1, 0.15) is 64.1 Å². The third-order valence-corrected chi connectivity index (χ3v) is 7.82. The summed E-state index contributed by atoms with van der Waals surface area (Å²) in [6.07, 6.45) is 0.593. The lowest BCUT2D eigenvalue weighted by molar-refractivity contribution is -0.0694. The molecule has 0 saturated heterocycles. The quantitative estimate of drug-likeness (QED) is 0.121. The molecule has 2 aromatic heterocycles. The molecule has 0 fully saturated rings. The summed E-state index contributed by atoms with van der Waals surface area (Å²) in [4.78, 5) is 38.4. The van der Waals surface area contributed by atoms with Crippen LogP contribution in [0.25, 0.3) is 0 Å². The van der Waals surface area contributed by atoms with Gasteiger partial charge in [0.05, 0.1) is 22.5 Å². The third kappa shape index (κ3) is 10.5. The molecule has 16 heteroatoms. The van der Waals surface area contributed by atoms with Gasteiger partial charge >= 0.3 is 12.2 Å². The summed E-state index contributed by atoms with van der Waals surface area (Å²) < 4.78 is 38.0. The average molecular weight is 775 g/mol. The molecule has 52 heavy (non-hydrogen) atoms. The first-order chi connectivity index (χ1) is 24.0. The summed E-state index contributed by atoms with van der Waals surface area (Å²) in [5, 5.41) is 23.7. The smallest absolute Gasteiger partial charge is 0.417 e. The van der Waals surface area contributed by atoms with Gasteiger partial charge < -0.3 is 20.3 Å². The fraction of sp³-hybridized carbons (Fsp3) is 0.306. The van der Waals surface area contributed by atoms with Crippen molar-refractivity contribution in [2.45, 2.75) is 53.7 Å². The van der Waals surface area contributed by atoms with Crippen LogP contribution in [0, 0.1) is 28.5 Å². The molecule has 3 N–H and O–H groups in total. The first kappa shape index (κ1) is 41.5. The Kier molecular flexibility index (Phi) is 13.2. The van der Waals surface area contributed by atoms with Crippen LogP contribution in [-0.4, -0.2) is 56.9 Å². The van der Waals surface area contributed by atoms with E-state index < -0.39 is 37.6 Å². The first-order valence-corrected chi connectivity index (χ1v) is 18.5. The number of ether oxygens (including phenoxy) is 1. The molecule has 0 radical (unpaired) electrons. The first-order valence-electron chi connectivity index (χ1n) is 15.4. The van der Waals surface area contributed by atoms with Crippen molar-refractivity contribution in [3.8, 4) is 17.6 Å². The second kappa shape index (κ2) is 16.6. The Balaban J connectivity index is 0.00000136. The minimum atomic E-state index is -3.19. The van der Waals surface area contributed by atoms with Crippen molar-refractivity contribution in [3.05, 3.63) is 107 Å². The van der Waals surface area contributed by atoms with Gasteiger partial charge in [0.1, 0.15) is 41.6 Å². The largest absolute Gasteiger partial charge is 0.487 e. The van der Waals surface area contributed by atoms with Gasteiger partial charge in [0, 0.05) is 22.6 Å². The molecule has 2 heterocycles. The minimum Gasteiger partial charge on any atom is -0.487 e. The van der Waals surface area contributed by atoms with Gasteiger partial charge in [-0.2, -0.15) is 4.90 Å². The van der Waals surface area contributed by atoms with E-state index in [1.165, 1.54) is 24.7 Å². The van der Waals surface area contributed by atoms with E-state index in [0.29, 0.717) is 38.3 Å². The number of halogens is 3. The third-order valence-electron chi connectivity index (χ3n) is 7.52. The molecule has 12 nitrogen and oxygen atoms in total. The SMILES string of the molecule is CC(C)(C)C(c1cccc(C#Cc2cncnc2Nc2ccc(OCc3cccc(F)c3)c(Cl)c2)n1)(N(C(=O)O)C(=O)O)C(C)(C)C.CS(=O)(=O)Cl. The van der Waals surface area contributed by atoms with E-state index in [-0.39, 0.29) is 23.8 Å². The van der Waals surface area contributed by atoms with Crippen LogP contribution in [0.2, 0.25) is 5.02 Å². The summed E-state index contributed by atoms with van der Waals surface area (Å²) >= 11 is 6.47. The predicted octanol–water partition coefficient (Wildman–Crippen LogP) is 8.52. The summed E-state index contributed by atoms with van der Waals surface area (Å²) in [6, 6.07) is 16.1. The van der Waals surface area contributed by atoms with E-state index in [1.54, 1.807) is 90.1 Å². The second-order valence-electron chi connectivity index (χ2n) is 13.4. The monoisotopic (exact) mass is 773 g/mol. The van der Waals surface area contributed by atoms with Crippen LogP contribution in [-0.2, 0) is 21.2 Å².